The van der Waals surface area contributed by atoms with Crippen LogP contribution in [0.4, 0.5) is 0 Å². The molecule has 1 aromatic rings. The van der Waals surface area contributed by atoms with Gasteiger partial charge in [0.05, 0.1) is 6.61 Å². The standard InChI is InChI=1S/C19H33N3O2S/c1-7-23-10-11-24-17-12-15(2)8-9-16(17)13-21-18(20-5)22-14-19(3,4)25-6/h8-9,12H,7,10-11,13-14H2,1-6H3,(H2,20,21,22). The Morgan fingerprint density at radius 2 is 2.00 bits per heavy atom. The summed E-state index contributed by atoms with van der Waals surface area (Å²) in [6, 6.07) is 6.26. The van der Waals surface area contributed by atoms with Crippen LogP contribution in [0.1, 0.15) is 31.9 Å². The maximum Gasteiger partial charge on any atom is 0.191 e. The molecule has 0 heterocycles. The first-order valence-electron chi connectivity index (χ1n) is 8.71. The molecule has 0 aromatic heterocycles. The van der Waals surface area contributed by atoms with E-state index in [0.29, 0.717) is 26.4 Å². The second-order valence-corrected chi connectivity index (χ2v) is 7.91. The second-order valence-electron chi connectivity index (χ2n) is 6.40. The first-order valence-corrected chi connectivity index (χ1v) is 9.94. The number of nitrogens with zero attached hydrogens (tertiary/aromatic N) is 1. The third kappa shape index (κ3) is 8.50. The van der Waals surface area contributed by atoms with Crippen LogP contribution in [0.25, 0.3) is 0 Å². The molecule has 0 spiro atoms. The Hall–Kier alpha value is -1.40. The summed E-state index contributed by atoms with van der Waals surface area (Å²) >= 11 is 1.83. The smallest absolute Gasteiger partial charge is 0.191 e. The van der Waals surface area contributed by atoms with Crippen molar-refractivity contribution in [3.8, 4) is 5.75 Å². The van der Waals surface area contributed by atoms with Gasteiger partial charge in [0.2, 0.25) is 0 Å². The van der Waals surface area contributed by atoms with Gasteiger partial charge in [-0.2, -0.15) is 11.8 Å². The molecule has 0 bridgehead atoms. The minimum Gasteiger partial charge on any atom is -0.491 e. The highest BCUT2D eigenvalue weighted by molar-refractivity contribution is 7.99. The molecule has 0 saturated heterocycles. The van der Waals surface area contributed by atoms with Gasteiger partial charge in [-0.25, -0.2) is 0 Å². The van der Waals surface area contributed by atoms with Gasteiger partial charge in [0.15, 0.2) is 5.96 Å². The van der Waals surface area contributed by atoms with Crippen LogP contribution in [0.15, 0.2) is 23.2 Å². The lowest BCUT2D eigenvalue weighted by molar-refractivity contribution is 0.110. The van der Waals surface area contributed by atoms with Crippen LogP contribution in [0.2, 0.25) is 0 Å². The molecule has 0 aliphatic carbocycles. The number of guanidine groups is 1. The minimum absolute atomic E-state index is 0.162. The van der Waals surface area contributed by atoms with Gasteiger partial charge in [0.1, 0.15) is 12.4 Å². The highest BCUT2D eigenvalue weighted by Crippen LogP contribution is 2.21. The quantitative estimate of drug-likeness (QED) is 0.378. The van der Waals surface area contributed by atoms with Crippen molar-refractivity contribution in [2.45, 2.75) is 39.0 Å². The number of benzene rings is 1. The van der Waals surface area contributed by atoms with E-state index < -0.39 is 0 Å². The molecule has 1 aromatic carbocycles. The molecule has 0 aliphatic heterocycles. The monoisotopic (exact) mass is 367 g/mol. The Morgan fingerprint density at radius 3 is 2.64 bits per heavy atom. The van der Waals surface area contributed by atoms with Gasteiger partial charge in [-0.15, -0.1) is 0 Å². The fraction of sp³-hybridized carbons (Fsp3) is 0.632. The summed E-state index contributed by atoms with van der Waals surface area (Å²) in [6.07, 6.45) is 2.12. The van der Waals surface area contributed by atoms with E-state index >= 15 is 0 Å². The van der Waals surface area contributed by atoms with E-state index in [-0.39, 0.29) is 4.75 Å². The van der Waals surface area contributed by atoms with Crippen LogP contribution in [0, 0.1) is 6.92 Å². The maximum absolute atomic E-state index is 5.89. The van der Waals surface area contributed by atoms with E-state index in [1.165, 1.54) is 5.56 Å². The average Bonchev–Trinajstić information content (AvgIpc) is 2.60. The van der Waals surface area contributed by atoms with Crippen LogP contribution in [-0.4, -0.2) is 50.4 Å². The van der Waals surface area contributed by atoms with Gasteiger partial charge in [-0.05, 0) is 45.6 Å². The molecule has 0 unspecified atom stereocenters. The molecule has 0 fully saturated rings. The zero-order valence-corrected chi connectivity index (χ0v) is 17.3. The molecule has 0 saturated carbocycles. The normalized spacial score (nSPS) is 12.2. The van der Waals surface area contributed by atoms with E-state index in [2.05, 4.69) is 60.9 Å². The number of thioether (sulfide) groups is 1. The summed E-state index contributed by atoms with van der Waals surface area (Å²) in [5, 5.41) is 6.74. The van der Waals surface area contributed by atoms with Crippen molar-refractivity contribution in [2.24, 2.45) is 4.99 Å². The van der Waals surface area contributed by atoms with Crippen molar-refractivity contribution in [1.29, 1.82) is 0 Å². The third-order valence-electron chi connectivity index (χ3n) is 3.82. The van der Waals surface area contributed by atoms with Crippen molar-refractivity contribution in [1.82, 2.24) is 10.6 Å². The van der Waals surface area contributed by atoms with Gasteiger partial charge in [-0.3, -0.25) is 4.99 Å². The fourth-order valence-corrected chi connectivity index (χ4v) is 2.28. The lowest BCUT2D eigenvalue weighted by Gasteiger charge is -2.24. The first-order chi connectivity index (χ1) is 11.9. The Labute approximate surface area is 157 Å². The van der Waals surface area contributed by atoms with Crippen molar-refractivity contribution in [3.05, 3.63) is 29.3 Å². The van der Waals surface area contributed by atoms with Gasteiger partial charge in [0, 0.05) is 37.1 Å². The highest BCUT2D eigenvalue weighted by atomic mass is 32.2. The molecular weight excluding hydrogens is 334 g/mol. The van der Waals surface area contributed by atoms with Crippen LogP contribution in [0.3, 0.4) is 0 Å². The minimum atomic E-state index is 0.162. The molecule has 0 aliphatic rings. The summed E-state index contributed by atoms with van der Waals surface area (Å²) in [7, 11) is 1.79. The van der Waals surface area contributed by atoms with E-state index in [1.54, 1.807) is 7.05 Å². The lowest BCUT2D eigenvalue weighted by Crippen LogP contribution is -2.43. The molecule has 5 nitrogen and oxygen atoms in total. The lowest BCUT2D eigenvalue weighted by atomic mass is 10.1. The third-order valence-corrected chi connectivity index (χ3v) is 5.07. The Kier molecular flexibility index (Phi) is 9.75. The zero-order valence-electron chi connectivity index (χ0n) is 16.4. The Balaban J connectivity index is 2.62. The van der Waals surface area contributed by atoms with Gasteiger partial charge in [-0.1, -0.05) is 12.1 Å². The molecule has 2 N–H and O–H groups in total. The summed E-state index contributed by atoms with van der Waals surface area (Å²) < 4.78 is 11.4. The average molecular weight is 368 g/mol. The second kappa shape index (κ2) is 11.3. The highest BCUT2D eigenvalue weighted by Gasteiger charge is 2.16. The van der Waals surface area contributed by atoms with Crippen LogP contribution < -0.4 is 15.4 Å². The van der Waals surface area contributed by atoms with Crippen molar-refractivity contribution < 1.29 is 9.47 Å². The van der Waals surface area contributed by atoms with E-state index in [0.717, 1.165) is 23.8 Å². The van der Waals surface area contributed by atoms with Gasteiger partial charge < -0.3 is 20.1 Å². The predicted octanol–water partition coefficient (Wildman–Crippen LogP) is 3.22. The molecule has 0 amide bonds. The molecule has 0 radical (unpaired) electrons. The summed E-state index contributed by atoms with van der Waals surface area (Å²) in [5.74, 6) is 1.69. The van der Waals surface area contributed by atoms with Gasteiger partial charge in [0.25, 0.3) is 0 Å². The van der Waals surface area contributed by atoms with Crippen molar-refractivity contribution in [3.63, 3.8) is 0 Å². The van der Waals surface area contributed by atoms with Crippen LogP contribution in [0.5, 0.6) is 5.75 Å². The zero-order chi connectivity index (χ0) is 18.7. The summed E-state index contributed by atoms with van der Waals surface area (Å²) in [4.78, 5) is 4.30. The largest absolute Gasteiger partial charge is 0.491 e. The summed E-state index contributed by atoms with van der Waals surface area (Å²) in [5.41, 5.74) is 2.29. The van der Waals surface area contributed by atoms with Crippen molar-refractivity contribution >= 4 is 17.7 Å². The first kappa shape index (κ1) is 21.6. The number of rotatable bonds is 10. The topological polar surface area (TPSA) is 54.9 Å². The Bertz CT molecular complexity index is 547. The van der Waals surface area contributed by atoms with Crippen LogP contribution in [-0.2, 0) is 11.3 Å². The van der Waals surface area contributed by atoms with E-state index in [4.69, 9.17) is 9.47 Å². The number of hydrogen-bond donors (Lipinski definition) is 2. The molecular formula is C19H33N3O2S. The molecule has 1 rings (SSSR count). The molecule has 25 heavy (non-hydrogen) atoms. The summed E-state index contributed by atoms with van der Waals surface area (Å²) in [6.45, 7) is 11.8. The number of hydrogen-bond acceptors (Lipinski definition) is 4. The number of aliphatic imine (C=N–C) groups is 1. The molecule has 0 atom stereocenters. The predicted molar refractivity (Wildman–Crippen MR) is 109 cm³/mol. The van der Waals surface area contributed by atoms with Crippen molar-refractivity contribution in [2.75, 3.05) is 39.7 Å². The van der Waals surface area contributed by atoms with Crippen LogP contribution >= 0.6 is 11.8 Å². The number of aryl methyl sites for hydroxylation is 1. The molecule has 6 heteroatoms. The molecule has 142 valence electrons. The van der Waals surface area contributed by atoms with E-state index in [9.17, 15) is 0 Å². The Morgan fingerprint density at radius 1 is 1.24 bits per heavy atom. The number of ether oxygens (including phenoxy) is 2. The van der Waals surface area contributed by atoms with Gasteiger partial charge >= 0.3 is 0 Å². The fourth-order valence-electron chi connectivity index (χ4n) is 2.07. The SMILES string of the molecule is CCOCCOc1cc(C)ccc1CNC(=NC)NCC(C)(C)SC. The number of nitrogens with one attached hydrogen (secondary N) is 2. The van der Waals surface area contributed by atoms with E-state index in [1.807, 2.05) is 18.7 Å². The maximum atomic E-state index is 5.89.